The predicted octanol–water partition coefficient (Wildman–Crippen LogP) is 1.72. The Balaban J connectivity index is 1.46. The number of carbonyl (C=O) groups is 1. The summed E-state index contributed by atoms with van der Waals surface area (Å²) in [4.78, 5) is 30.6. The number of pyridine rings is 2. The molecule has 0 spiro atoms. The number of nitrogens with one attached hydrogen (secondary N) is 1. The van der Waals surface area contributed by atoms with E-state index in [0.717, 1.165) is 16.7 Å². The van der Waals surface area contributed by atoms with E-state index >= 15 is 0 Å². The molecule has 1 aliphatic heterocycles. The maximum Gasteiger partial charge on any atom is 0.260 e. The number of hydrogen-bond donors (Lipinski definition) is 2. The van der Waals surface area contributed by atoms with Crippen LogP contribution in [0.2, 0.25) is 0 Å². The van der Waals surface area contributed by atoms with Crippen LogP contribution in [0.25, 0.3) is 22.0 Å². The first-order valence-electron chi connectivity index (χ1n) is 11.1. The van der Waals surface area contributed by atoms with Gasteiger partial charge in [-0.15, -0.1) is 0 Å². The van der Waals surface area contributed by atoms with Gasteiger partial charge in [0.25, 0.3) is 11.5 Å². The zero-order valence-electron chi connectivity index (χ0n) is 18.7. The second-order valence-electron chi connectivity index (χ2n) is 8.49. The van der Waals surface area contributed by atoms with E-state index in [-0.39, 0.29) is 18.1 Å². The zero-order valence-corrected chi connectivity index (χ0v) is 18.7. The van der Waals surface area contributed by atoms with Gasteiger partial charge >= 0.3 is 0 Å². The first-order valence-corrected chi connectivity index (χ1v) is 11.1. The highest BCUT2D eigenvalue weighted by molar-refractivity contribution is 6.05. The first kappa shape index (κ1) is 22.0. The average molecular weight is 460 g/mol. The van der Waals surface area contributed by atoms with Crippen LogP contribution in [0.3, 0.4) is 0 Å². The van der Waals surface area contributed by atoms with Crippen LogP contribution in [0.5, 0.6) is 0 Å². The fourth-order valence-corrected chi connectivity index (χ4v) is 4.21. The van der Waals surface area contributed by atoms with E-state index in [4.69, 9.17) is 4.74 Å². The summed E-state index contributed by atoms with van der Waals surface area (Å²) in [7, 11) is 1.87. The Morgan fingerprint density at radius 2 is 2.03 bits per heavy atom. The number of amides is 1. The van der Waals surface area contributed by atoms with Crippen LogP contribution >= 0.6 is 0 Å². The summed E-state index contributed by atoms with van der Waals surface area (Å²) >= 11 is 0. The van der Waals surface area contributed by atoms with Crippen LogP contribution in [0.15, 0.2) is 66.0 Å². The summed E-state index contributed by atoms with van der Waals surface area (Å²) in [6.45, 7) is 0.950. The van der Waals surface area contributed by atoms with Gasteiger partial charge in [-0.05, 0) is 29.7 Å². The Morgan fingerprint density at radius 1 is 1.21 bits per heavy atom. The van der Waals surface area contributed by atoms with Gasteiger partial charge in [-0.1, -0.05) is 24.3 Å². The molecule has 4 aromatic rings. The maximum absolute atomic E-state index is 13.2. The molecule has 3 aromatic heterocycles. The van der Waals surface area contributed by atoms with Crippen molar-refractivity contribution in [2.45, 2.75) is 25.1 Å². The maximum atomic E-state index is 13.2. The molecular weight excluding hydrogens is 434 g/mol. The van der Waals surface area contributed by atoms with E-state index in [1.54, 1.807) is 35.4 Å². The molecule has 0 unspecified atom stereocenters. The molecule has 174 valence electrons. The van der Waals surface area contributed by atoms with Crippen LogP contribution in [-0.4, -0.2) is 55.7 Å². The fraction of sp³-hybridized carbons (Fsp3) is 0.280. The lowest BCUT2D eigenvalue weighted by molar-refractivity contribution is -0.0260. The highest BCUT2D eigenvalue weighted by Gasteiger charge is 2.27. The Morgan fingerprint density at radius 3 is 2.76 bits per heavy atom. The first-order chi connectivity index (χ1) is 16.5. The van der Waals surface area contributed by atoms with Gasteiger partial charge in [-0.25, -0.2) is 0 Å². The third kappa shape index (κ3) is 4.35. The normalized spacial score (nSPS) is 18.2. The van der Waals surface area contributed by atoms with E-state index in [1.165, 1.54) is 4.57 Å². The smallest absolute Gasteiger partial charge is 0.260 e. The number of aliphatic hydroxyl groups excluding tert-OH is 1. The molecule has 4 heterocycles. The quantitative estimate of drug-likeness (QED) is 0.470. The van der Waals surface area contributed by atoms with Crippen molar-refractivity contribution in [3.63, 3.8) is 0 Å². The van der Waals surface area contributed by atoms with Crippen molar-refractivity contribution < 1.29 is 14.6 Å². The number of aryl methyl sites for hydroxylation is 1. The molecule has 1 aromatic carbocycles. The van der Waals surface area contributed by atoms with E-state index < -0.39 is 12.1 Å². The van der Waals surface area contributed by atoms with Gasteiger partial charge in [0.15, 0.2) is 0 Å². The Kier molecular flexibility index (Phi) is 5.95. The molecule has 1 saturated heterocycles. The third-order valence-electron chi connectivity index (χ3n) is 6.07. The largest absolute Gasteiger partial charge is 0.389 e. The molecule has 9 heteroatoms. The molecule has 9 nitrogen and oxygen atoms in total. The minimum atomic E-state index is -0.777. The lowest BCUT2D eigenvalue weighted by Gasteiger charge is -2.28. The van der Waals surface area contributed by atoms with Crippen LogP contribution in [0.4, 0.5) is 0 Å². The lowest BCUT2D eigenvalue weighted by atomic mass is 10.0. The van der Waals surface area contributed by atoms with Crippen molar-refractivity contribution >= 4 is 16.8 Å². The Labute approximate surface area is 195 Å². The SMILES string of the molecule is Cn1cc(-c2ccc(Cn3cc(C(=O)N[C@H]4CCOC[C@@H]4O)c4ncccc4c3=O)cc2)cn1. The molecule has 1 aliphatic rings. The highest BCUT2D eigenvalue weighted by atomic mass is 16.5. The van der Waals surface area contributed by atoms with Crippen LogP contribution in [0, 0.1) is 0 Å². The molecule has 2 atom stereocenters. The van der Waals surface area contributed by atoms with Crippen molar-refractivity contribution in [2.24, 2.45) is 7.05 Å². The van der Waals surface area contributed by atoms with Crippen LogP contribution in [-0.2, 0) is 18.3 Å². The van der Waals surface area contributed by atoms with Gasteiger partial charge in [-0.2, -0.15) is 5.10 Å². The van der Waals surface area contributed by atoms with Crippen molar-refractivity contribution in [2.75, 3.05) is 13.2 Å². The van der Waals surface area contributed by atoms with Crippen LogP contribution < -0.4 is 10.9 Å². The number of benzene rings is 1. The number of rotatable bonds is 5. The molecule has 2 N–H and O–H groups in total. The van der Waals surface area contributed by atoms with Gasteiger partial charge in [-0.3, -0.25) is 19.3 Å². The number of carbonyl (C=O) groups excluding carboxylic acids is 1. The van der Waals surface area contributed by atoms with Crippen molar-refractivity contribution in [3.8, 4) is 11.1 Å². The highest BCUT2D eigenvalue weighted by Crippen LogP contribution is 2.20. The molecule has 5 rings (SSSR count). The lowest BCUT2D eigenvalue weighted by Crippen LogP contribution is -2.48. The summed E-state index contributed by atoms with van der Waals surface area (Å²) in [5, 5.41) is 17.6. The topological polar surface area (TPSA) is 111 Å². The predicted molar refractivity (Wildman–Crippen MR) is 126 cm³/mol. The second kappa shape index (κ2) is 9.20. The molecule has 0 radical (unpaired) electrons. The Hall–Kier alpha value is -3.82. The van der Waals surface area contributed by atoms with Gasteiger partial charge < -0.3 is 19.7 Å². The summed E-state index contributed by atoms with van der Waals surface area (Å²) in [5.74, 6) is -0.379. The summed E-state index contributed by atoms with van der Waals surface area (Å²) in [6.07, 6.45) is 6.59. The minimum absolute atomic E-state index is 0.179. The number of hydrogen-bond acceptors (Lipinski definition) is 6. The average Bonchev–Trinajstić information content (AvgIpc) is 3.29. The number of ether oxygens (including phenoxy) is 1. The number of nitrogens with zero attached hydrogens (tertiary/aromatic N) is 4. The molecule has 34 heavy (non-hydrogen) atoms. The van der Waals surface area contributed by atoms with Gasteiger partial charge in [0, 0.05) is 37.8 Å². The molecular formula is C25H25N5O4. The van der Waals surface area contributed by atoms with E-state index in [9.17, 15) is 14.7 Å². The van der Waals surface area contributed by atoms with Crippen LogP contribution in [0.1, 0.15) is 22.3 Å². The second-order valence-corrected chi connectivity index (χ2v) is 8.49. The number of aliphatic hydroxyl groups is 1. The van der Waals surface area contributed by atoms with E-state index in [1.807, 2.05) is 37.5 Å². The van der Waals surface area contributed by atoms with Crippen molar-refractivity contribution in [3.05, 3.63) is 82.7 Å². The third-order valence-corrected chi connectivity index (χ3v) is 6.07. The molecule has 0 saturated carbocycles. The number of fused-ring (bicyclic) bond motifs is 1. The molecule has 1 amide bonds. The minimum Gasteiger partial charge on any atom is -0.389 e. The van der Waals surface area contributed by atoms with Crippen molar-refractivity contribution in [1.29, 1.82) is 0 Å². The van der Waals surface area contributed by atoms with Crippen molar-refractivity contribution in [1.82, 2.24) is 24.6 Å². The summed E-state index contributed by atoms with van der Waals surface area (Å²) < 4.78 is 8.52. The van der Waals surface area contributed by atoms with Gasteiger partial charge in [0.1, 0.15) is 0 Å². The van der Waals surface area contributed by atoms with Gasteiger partial charge in [0.05, 0.1) is 48.0 Å². The van der Waals surface area contributed by atoms with E-state index in [2.05, 4.69) is 15.4 Å². The van der Waals surface area contributed by atoms with Gasteiger partial charge in [0.2, 0.25) is 0 Å². The molecule has 1 fully saturated rings. The summed E-state index contributed by atoms with van der Waals surface area (Å²) in [5.41, 5.74) is 3.38. The zero-order chi connectivity index (χ0) is 23.7. The molecule has 0 aliphatic carbocycles. The van der Waals surface area contributed by atoms with E-state index in [0.29, 0.717) is 36.0 Å². The standard InChI is InChI=1S/C25H25N5O4/c1-29-13-18(11-27-29)17-6-4-16(5-7-17)12-30-14-20(23-19(25(30)33)3-2-9-26-23)24(32)28-21-8-10-34-15-22(21)31/h2-7,9,11,13-14,21-22,31H,8,10,12,15H2,1H3,(H,28,32)/t21-,22-/m0/s1. The fourth-order valence-electron chi connectivity index (χ4n) is 4.21. The monoisotopic (exact) mass is 459 g/mol. The molecule has 0 bridgehead atoms. The summed E-state index contributed by atoms with van der Waals surface area (Å²) in [6, 6.07) is 10.8. The Bertz CT molecular complexity index is 1390. The number of aromatic nitrogens is 4.